The number of anilines is 4. The number of ether oxygens (including phenoxy) is 1. The summed E-state index contributed by atoms with van der Waals surface area (Å²) in [5.41, 5.74) is -0.551. The van der Waals surface area contributed by atoms with E-state index in [9.17, 15) is 9.50 Å². The standard InChI is InChI=1S/C25H32FN7O2/c1-16(2)18-13-29-23(32-8-10-35-11-9-32)19-14-28-22(12-17(18)19)30-21-4-6-27-24(31-21)33-7-5-20(34)25(3,26)15-33/h4,6,12-14,16,20,34H,5,7-11,15H2,1-3H3,(H,27,28,30,31)/t20-,25+/m1/s1. The van der Waals surface area contributed by atoms with Gasteiger partial charge in [-0.3, -0.25) is 0 Å². The Bertz CT molecular complexity index is 1200. The second kappa shape index (κ2) is 9.50. The number of alkyl halides is 1. The van der Waals surface area contributed by atoms with Gasteiger partial charge in [0.1, 0.15) is 17.5 Å². The van der Waals surface area contributed by atoms with Crippen molar-refractivity contribution >= 4 is 34.2 Å². The predicted octanol–water partition coefficient (Wildman–Crippen LogP) is 3.42. The highest BCUT2D eigenvalue weighted by molar-refractivity contribution is 5.95. The van der Waals surface area contributed by atoms with Gasteiger partial charge in [0.2, 0.25) is 5.95 Å². The second-order valence-corrected chi connectivity index (χ2v) is 9.78. The molecule has 0 aromatic carbocycles. The van der Waals surface area contributed by atoms with Crippen LogP contribution < -0.4 is 15.1 Å². The minimum Gasteiger partial charge on any atom is -0.390 e. The molecular weight excluding hydrogens is 449 g/mol. The predicted molar refractivity (Wildman–Crippen MR) is 134 cm³/mol. The van der Waals surface area contributed by atoms with Crippen molar-refractivity contribution in [2.75, 3.05) is 54.5 Å². The highest BCUT2D eigenvalue weighted by Gasteiger charge is 2.39. The molecule has 2 N–H and O–H groups in total. The van der Waals surface area contributed by atoms with E-state index in [0.29, 0.717) is 49.7 Å². The lowest BCUT2D eigenvalue weighted by Gasteiger charge is -2.38. The van der Waals surface area contributed by atoms with Crippen molar-refractivity contribution in [1.82, 2.24) is 19.9 Å². The molecule has 2 saturated heterocycles. The molecule has 0 bridgehead atoms. The van der Waals surface area contributed by atoms with Gasteiger partial charge in [0.15, 0.2) is 5.67 Å². The van der Waals surface area contributed by atoms with Crippen LogP contribution in [0.25, 0.3) is 10.8 Å². The fraction of sp³-hybridized carbons (Fsp3) is 0.520. The zero-order valence-electron chi connectivity index (χ0n) is 20.4. The number of hydrogen-bond acceptors (Lipinski definition) is 9. The van der Waals surface area contributed by atoms with Crippen LogP contribution in [0.2, 0.25) is 0 Å². The number of hydrogen-bond donors (Lipinski definition) is 2. The van der Waals surface area contributed by atoms with Crippen LogP contribution in [-0.4, -0.2) is 76.2 Å². The molecule has 2 fully saturated rings. The molecule has 0 saturated carbocycles. The first-order valence-electron chi connectivity index (χ1n) is 12.1. The lowest BCUT2D eigenvalue weighted by atomic mass is 9.94. The van der Waals surface area contributed by atoms with Crippen molar-refractivity contribution in [1.29, 1.82) is 0 Å². The van der Waals surface area contributed by atoms with Gasteiger partial charge < -0.3 is 25.0 Å². The highest BCUT2D eigenvalue weighted by Crippen LogP contribution is 2.33. The average molecular weight is 482 g/mol. The molecule has 2 aliphatic rings. The molecule has 0 radical (unpaired) electrons. The van der Waals surface area contributed by atoms with E-state index in [-0.39, 0.29) is 6.54 Å². The van der Waals surface area contributed by atoms with Crippen LogP contribution >= 0.6 is 0 Å². The van der Waals surface area contributed by atoms with E-state index < -0.39 is 11.8 Å². The van der Waals surface area contributed by atoms with Crippen LogP contribution in [0.1, 0.15) is 38.7 Å². The van der Waals surface area contributed by atoms with E-state index in [4.69, 9.17) is 9.72 Å². The average Bonchev–Trinajstić information content (AvgIpc) is 2.85. The minimum atomic E-state index is -1.70. The second-order valence-electron chi connectivity index (χ2n) is 9.78. The van der Waals surface area contributed by atoms with E-state index in [1.54, 1.807) is 17.2 Å². The summed E-state index contributed by atoms with van der Waals surface area (Å²) in [6, 6.07) is 3.80. The monoisotopic (exact) mass is 481 g/mol. The molecule has 0 unspecified atom stereocenters. The quantitative estimate of drug-likeness (QED) is 0.568. The van der Waals surface area contributed by atoms with Gasteiger partial charge in [0.25, 0.3) is 0 Å². The Morgan fingerprint density at radius 3 is 2.63 bits per heavy atom. The van der Waals surface area contributed by atoms with Crippen molar-refractivity contribution in [2.45, 2.75) is 44.9 Å². The summed E-state index contributed by atoms with van der Waals surface area (Å²) in [5.74, 6) is 2.88. The normalized spacial score (nSPS) is 23.2. The van der Waals surface area contributed by atoms with Crippen molar-refractivity contribution in [3.05, 3.63) is 36.3 Å². The van der Waals surface area contributed by atoms with Gasteiger partial charge >= 0.3 is 0 Å². The lowest BCUT2D eigenvalue weighted by Crippen LogP contribution is -2.52. The van der Waals surface area contributed by atoms with Crippen molar-refractivity contribution < 1.29 is 14.2 Å². The number of halogens is 1. The van der Waals surface area contributed by atoms with E-state index in [1.165, 1.54) is 6.92 Å². The SMILES string of the molecule is CC(C)c1cnc(N2CCOCC2)c2cnc(Nc3ccnc(N4CC[C@@H](O)[C@@](C)(F)C4)n3)cc12. The number of aliphatic hydroxyl groups is 1. The number of nitrogens with one attached hydrogen (secondary N) is 1. The minimum absolute atomic E-state index is 0.0426. The summed E-state index contributed by atoms with van der Waals surface area (Å²) in [6.07, 6.45) is 4.82. The van der Waals surface area contributed by atoms with E-state index in [1.807, 2.05) is 18.5 Å². The van der Waals surface area contributed by atoms with Crippen molar-refractivity contribution in [2.24, 2.45) is 0 Å². The van der Waals surface area contributed by atoms with Gasteiger partial charge in [-0.1, -0.05) is 13.8 Å². The first-order valence-corrected chi connectivity index (χ1v) is 12.1. The highest BCUT2D eigenvalue weighted by atomic mass is 19.1. The first-order chi connectivity index (χ1) is 16.8. The van der Waals surface area contributed by atoms with Crippen LogP contribution in [0.5, 0.6) is 0 Å². The number of nitrogens with zero attached hydrogens (tertiary/aromatic N) is 6. The topological polar surface area (TPSA) is 99.5 Å². The maximum atomic E-state index is 14.7. The number of pyridine rings is 2. The number of aromatic nitrogens is 4. The zero-order valence-corrected chi connectivity index (χ0v) is 20.4. The maximum Gasteiger partial charge on any atom is 0.227 e. The van der Waals surface area contributed by atoms with Crippen LogP contribution in [-0.2, 0) is 4.74 Å². The van der Waals surface area contributed by atoms with Crippen molar-refractivity contribution in [3.63, 3.8) is 0 Å². The van der Waals surface area contributed by atoms with Crippen LogP contribution in [0.4, 0.5) is 27.8 Å². The Kier molecular flexibility index (Phi) is 6.41. The molecule has 0 amide bonds. The first kappa shape index (κ1) is 23.6. The third-order valence-corrected chi connectivity index (χ3v) is 6.76. The Morgan fingerprint density at radius 2 is 1.89 bits per heavy atom. The fourth-order valence-corrected chi connectivity index (χ4v) is 4.71. The van der Waals surface area contributed by atoms with Crippen LogP contribution in [0, 0.1) is 0 Å². The number of fused-ring (bicyclic) bond motifs is 1. The molecule has 5 rings (SSSR count). The molecule has 3 aromatic rings. The number of rotatable bonds is 5. The molecule has 3 aromatic heterocycles. The maximum absolute atomic E-state index is 14.7. The Balaban J connectivity index is 1.44. The summed E-state index contributed by atoms with van der Waals surface area (Å²) in [7, 11) is 0. The fourth-order valence-electron chi connectivity index (χ4n) is 4.71. The summed E-state index contributed by atoms with van der Waals surface area (Å²) in [6.45, 7) is 9.25. The molecule has 0 aliphatic carbocycles. The zero-order chi connectivity index (χ0) is 24.6. The van der Waals surface area contributed by atoms with Gasteiger partial charge in [-0.15, -0.1) is 0 Å². The molecule has 5 heterocycles. The van der Waals surface area contributed by atoms with Crippen LogP contribution in [0.3, 0.4) is 0 Å². The van der Waals surface area contributed by atoms with Gasteiger partial charge in [0.05, 0.1) is 25.9 Å². The van der Waals surface area contributed by atoms with E-state index in [0.717, 1.165) is 35.2 Å². The van der Waals surface area contributed by atoms with Gasteiger partial charge in [-0.2, -0.15) is 4.98 Å². The van der Waals surface area contributed by atoms with Gasteiger partial charge in [0, 0.05) is 43.6 Å². The molecule has 0 spiro atoms. The summed E-state index contributed by atoms with van der Waals surface area (Å²) < 4.78 is 20.2. The van der Waals surface area contributed by atoms with Crippen LogP contribution in [0.15, 0.2) is 30.7 Å². The summed E-state index contributed by atoms with van der Waals surface area (Å²) >= 11 is 0. The Morgan fingerprint density at radius 1 is 1.09 bits per heavy atom. The molecule has 2 atom stereocenters. The summed E-state index contributed by atoms with van der Waals surface area (Å²) in [5, 5.41) is 15.3. The Labute approximate surface area is 204 Å². The molecule has 186 valence electrons. The number of piperidine rings is 1. The third-order valence-electron chi connectivity index (χ3n) is 6.76. The van der Waals surface area contributed by atoms with Gasteiger partial charge in [-0.25, -0.2) is 19.3 Å². The molecule has 2 aliphatic heterocycles. The molecular formula is C25H32FN7O2. The largest absolute Gasteiger partial charge is 0.390 e. The third kappa shape index (κ3) is 4.85. The van der Waals surface area contributed by atoms with Gasteiger partial charge in [-0.05, 0) is 42.3 Å². The lowest BCUT2D eigenvalue weighted by molar-refractivity contribution is -0.00860. The molecule has 35 heavy (non-hydrogen) atoms. The van der Waals surface area contributed by atoms with E-state index in [2.05, 4.69) is 39.0 Å². The number of aliphatic hydroxyl groups excluding tert-OH is 1. The van der Waals surface area contributed by atoms with Crippen molar-refractivity contribution in [3.8, 4) is 0 Å². The molecule has 10 heteroatoms. The Hall–Kier alpha value is -3.11. The number of morpholine rings is 1. The molecule has 9 nitrogen and oxygen atoms in total. The van der Waals surface area contributed by atoms with E-state index >= 15 is 0 Å². The summed E-state index contributed by atoms with van der Waals surface area (Å²) in [4.78, 5) is 22.4. The smallest absolute Gasteiger partial charge is 0.227 e.